The van der Waals surface area contributed by atoms with Crippen molar-refractivity contribution in [2.45, 2.75) is 129 Å². The Bertz CT molecular complexity index is 184. The SMILES string of the molecule is [CH2]CCCCCCCCCCCCCC(C)CCCCCC. The third-order valence-electron chi connectivity index (χ3n) is 5.00. The molecule has 0 aromatic rings. The Labute approximate surface area is 142 Å². The summed E-state index contributed by atoms with van der Waals surface area (Å²) < 4.78 is 0. The lowest BCUT2D eigenvalue weighted by molar-refractivity contribution is 0.433. The minimum absolute atomic E-state index is 0.968. The first-order valence-corrected chi connectivity index (χ1v) is 10.6. The minimum atomic E-state index is 0.968. The van der Waals surface area contributed by atoms with Crippen molar-refractivity contribution >= 4 is 0 Å². The smallest absolute Gasteiger partial charge is 0.0443 e. The van der Waals surface area contributed by atoms with Gasteiger partial charge in [0, 0.05) is 0 Å². The Hall–Kier alpha value is 0. The van der Waals surface area contributed by atoms with Crippen LogP contribution >= 0.6 is 0 Å². The van der Waals surface area contributed by atoms with Crippen molar-refractivity contribution in [3.8, 4) is 0 Å². The van der Waals surface area contributed by atoms with Crippen LogP contribution in [0.25, 0.3) is 0 Å². The molecule has 1 unspecified atom stereocenters. The molecule has 22 heavy (non-hydrogen) atoms. The molecule has 1 atom stereocenters. The second kappa shape index (κ2) is 19.0. The van der Waals surface area contributed by atoms with E-state index in [1.54, 1.807) is 0 Å². The molecule has 0 aliphatic rings. The maximum atomic E-state index is 3.90. The predicted octanol–water partition coefficient (Wildman–Crippen LogP) is 8.50. The number of hydrogen-bond donors (Lipinski definition) is 0. The van der Waals surface area contributed by atoms with Gasteiger partial charge in [-0.05, 0) is 5.92 Å². The van der Waals surface area contributed by atoms with Crippen LogP contribution in [-0.2, 0) is 0 Å². The van der Waals surface area contributed by atoms with Crippen LogP contribution in [0, 0.1) is 12.8 Å². The number of unbranched alkanes of at least 4 members (excludes halogenated alkanes) is 14. The molecular formula is C22H45. The molecule has 0 heteroatoms. The van der Waals surface area contributed by atoms with Crippen LogP contribution in [0.1, 0.15) is 129 Å². The highest BCUT2D eigenvalue weighted by molar-refractivity contribution is 4.55. The van der Waals surface area contributed by atoms with Crippen molar-refractivity contribution in [3.63, 3.8) is 0 Å². The van der Waals surface area contributed by atoms with Gasteiger partial charge < -0.3 is 0 Å². The fourth-order valence-corrected chi connectivity index (χ4v) is 3.32. The van der Waals surface area contributed by atoms with E-state index in [0.29, 0.717) is 0 Å². The van der Waals surface area contributed by atoms with E-state index in [2.05, 4.69) is 20.8 Å². The molecule has 0 nitrogen and oxygen atoms in total. The second-order valence-electron chi connectivity index (χ2n) is 7.49. The summed E-state index contributed by atoms with van der Waals surface area (Å²) in [5.74, 6) is 0.968. The molecule has 0 heterocycles. The number of rotatable bonds is 18. The molecular weight excluding hydrogens is 264 g/mol. The Morgan fingerprint density at radius 1 is 0.545 bits per heavy atom. The highest BCUT2D eigenvalue weighted by Crippen LogP contribution is 2.18. The van der Waals surface area contributed by atoms with Gasteiger partial charge in [-0.1, -0.05) is 136 Å². The van der Waals surface area contributed by atoms with E-state index in [4.69, 9.17) is 0 Å². The highest BCUT2D eigenvalue weighted by Gasteiger charge is 2.01. The molecule has 0 aromatic heterocycles. The normalized spacial score (nSPS) is 12.7. The molecule has 133 valence electrons. The van der Waals surface area contributed by atoms with E-state index < -0.39 is 0 Å². The summed E-state index contributed by atoms with van der Waals surface area (Å²) in [7, 11) is 0. The summed E-state index contributed by atoms with van der Waals surface area (Å²) in [5, 5.41) is 0. The maximum absolute atomic E-state index is 3.90. The first-order valence-electron chi connectivity index (χ1n) is 10.6. The Balaban J connectivity index is 3.07. The van der Waals surface area contributed by atoms with Gasteiger partial charge in [0.25, 0.3) is 0 Å². The van der Waals surface area contributed by atoms with Crippen molar-refractivity contribution in [3.05, 3.63) is 6.92 Å². The van der Waals surface area contributed by atoms with E-state index in [0.717, 1.165) is 12.3 Å². The summed E-state index contributed by atoms with van der Waals surface area (Å²) in [6.45, 7) is 8.66. The van der Waals surface area contributed by atoms with Crippen LogP contribution in [-0.4, -0.2) is 0 Å². The van der Waals surface area contributed by atoms with Crippen molar-refractivity contribution in [2.24, 2.45) is 5.92 Å². The zero-order valence-corrected chi connectivity index (χ0v) is 16.0. The topological polar surface area (TPSA) is 0 Å². The molecule has 0 aliphatic carbocycles. The van der Waals surface area contributed by atoms with Gasteiger partial charge in [-0.3, -0.25) is 0 Å². The van der Waals surface area contributed by atoms with Crippen LogP contribution in [0.2, 0.25) is 0 Å². The number of hydrogen-bond acceptors (Lipinski definition) is 0. The van der Waals surface area contributed by atoms with E-state index >= 15 is 0 Å². The lowest BCUT2D eigenvalue weighted by Crippen LogP contribution is -1.95. The third-order valence-corrected chi connectivity index (χ3v) is 5.00. The molecule has 0 bridgehead atoms. The second-order valence-corrected chi connectivity index (χ2v) is 7.49. The fraction of sp³-hybridized carbons (Fsp3) is 0.955. The van der Waals surface area contributed by atoms with E-state index in [1.807, 2.05) is 0 Å². The van der Waals surface area contributed by atoms with Crippen molar-refractivity contribution in [1.29, 1.82) is 0 Å². The van der Waals surface area contributed by atoms with Gasteiger partial charge in [-0.2, -0.15) is 0 Å². The monoisotopic (exact) mass is 309 g/mol. The van der Waals surface area contributed by atoms with Crippen molar-refractivity contribution in [2.75, 3.05) is 0 Å². The molecule has 0 rings (SSSR count). The summed E-state index contributed by atoms with van der Waals surface area (Å²) in [6.07, 6.45) is 25.7. The van der Waals surface area contributed by atoms with Crippen LogP contribution in [0.3, 0.4) is 0 Å². The molecule has 0 aliphatic heterocycles. The highest BCUT2D eigenvalue weighted by atomic mass is 14.1. The Morgan fingerprint density at radius 2 is 0.909 bits per heavy atom. The van der Waals surface area contributed by atoms with Gasteiger partial charge in [0.15, 0.2) is 0 Å². The lowest BCUT2D eigenvalue weighted by Gasteiger charge is -2.10. The van der Waals surface area contributed by atoms with Gasteiger partial charge in [-0.15, -0.1) is 0 Å². The molecule has 0 N–H and O–H groups in total. The Morgan fingerprint density at radius 3 is 1.32 bits per heavy atom. The first-order chi connectivity index (χ1) is 10.8. The van der Waals surface area contributed by atoms with Crippen molar-refractivity contribution < 1.29 is 0 Å². The first kappa shape index (κ1) is 22.0. The molecule has 0 aromatic carbocycles. The summed E-state index contributed by atoms with van der Waals surface area (Å²) in [4.78, 5) is 0. The van der Waals surface area contributed by atoms with Crippen LogP contribution in [0.5, 0.6) is 0 Å². The van der Waals surface area contributed by atoms with Crippen LogP contribution in [0.15, 0.2) is 0 Å². The lowest BCUT2D eigenvalue weighted by atomic mass is 9.96. The summed E-state index contributed by atoms with van der Waals surface area (Å²) in [6, 6.07) is 0. The molecule has 0 saturated carbocycles. The molecule has 0 spiro atoms. The van der Waals surface area contributed by atoms with E-state index in [-0.39, 0.29) is 0 Å². The average Bonchev–Trinajstić information content (AvgIpc) is 2.52. The summed E-state index contributed by atoms with van der Waals surface area (Å²) >= 11 is 0. The van der Waals surface area contributed by atoms with Gasteiger partial charge in [-0.25, -0.2) is 0 Å². The van der Waals surface area contributed by atoms with E-state index in [1.165, 1.54) is 109 Å². The van der Waals surface area contributed by atoms with Gasteiger partial charge >= 0.3 is 0 Å². The predicted molar refractivity (Wildman–Crippen MR) is 103 cm³/mol. The molecule has 0 amide bonds. The van der Waals surface area contributed by atoms with Gasteiger partial charge in [0.1, 0.15) is 0 Å². The van der Waals surface area contributed by atoms with Gasteiger partial charge in [0.05, 0.1) is 0 Å². The standard InChI is InChI=1S/C22H45/c1-4-6-8-10-11-12-13-14-15-16-17-19-21-22(3)20-18-9-7-5-2/h22H,1,4-21H2,2-3H3. The minimum Gasteiger partial charge on any atom is -0.0654 e. The zero-order chi connectivity index (χ0) is 16.3. The molecule has 0 saturated heterocycles. The van der Waals surface area contributed by atoms with Gasteiger partial charge in [0.2, 0.25) is 0 Å². The fourth-order valence-electron chi connectivity index (χ4n) is 3.32. The average molecular weight is 310 g/mol. The Kier molecular flexibility index (Phi) is 19.0. The maximum Gasteiger partial charge on any atom is -0.0443 e. The van der Waals surface area contributed by atoms with Crippen molar-refractivity contribution in [1.82, 2.24) is 0 Å². The van der Waals surface area contributed by atoms with E-state index in [9.17, 15) is 0 Å². The van der Waals surface area contributed by atoms with Crippen LogP contribution in [0.4, 0.5) is 0 Å². The molecule has 0 fully saturated rings. The molecule has 1 radical (unpaired) electrons. The largest absolute Gasteiger partial charge is 0.0654 e. The van der Waals surface area contributed by atoms with Crippen LogP contribution < -0.4 is 0 Å². The summed E-state index contributed by atoms with van der Waals surface area (Å²) in [5.41, 5.74) is 0. The zero-order valence-electron chi connectivity index (χ0n) is 16.0. The third kappa shape index (κ3) is 18.1. The quantitative estimate of drug-likeness (QED) is 0.223.